The topological polar surface area (TPSA) is 79.8 Å². The Labute approximate surface area is 136 Å². The molecule has 3 aromatic rings. The number of hydrogen-bond acceptors (Lipinski definition) is 4. The van der Waals surface area contributed by atoms with E-state index in [1.165, 1.54) is 22.0 Å². The number of anilines is 1. The van der Waals surface area contributed by atoms with E-state index in [4.69, 9.17) is 0 Å². The van der Waals surface area contributed by atoms with Crippen molar-refractivity contribution in [2.24, 2.45) is 0 Å². The second-order valence-corrected chi connectivity index (χ2v) is 5.86. The molecule has 23 heavy (non-hydrogen) atoms. The largest absolute Gasteiger partial charge is 0.330 e. The van der Waals surface area contributed by atoms with Gasteiger partial charge in [0.15, 0.2) is 0 Å². The van der Waals surface area contributed by atoms with Gasteiger partial charge in [0.05, 0.1) is 16.4 Å². The molecule has 0 saturated heterocycles. The average molecular weight is 326 g/mol. The summed E-state index contributed by atoms with van der Waals surface area (Å²) in [7, 11) is 0. The summed E-state index contributed by atoms with van der Waals surface area (Å²) in [6, 6.07) is 7.01. The van der Waals surface area contributed by atoms with E-state index in [0.29, 0.717) is 5.69 Å². The molecule has 0 aliphatic heterocycles. The second kappa shape index (κ2) is 6.45. The minimum atomic E-state index is -0.234. The molecular weight excluding hydrogens is 312 g/mol. The summed E-state index contributed by atoms with van der Waals surface area (Å²) in [6.07, 6.45) is 6.34. The highest BCUT2D eigenvalue weighted by Crippen LogP contribution is 2.13. The zero-order chi connectivity index (χ0) is 16.2. The van der Waals surface area contributed by atoms with E-state index in [-0.39, 0.29) is 11.6 Å². The molecule has 1 amide bonds. The zero-order valence-corrected chi connectivity index (χ0v) is 13.1. The normalized spacial score (nSPS) is 11.0. The van der Waals surface area contributed by atoms with Crippen molar-refractivity contribution in [2.75, 3.05) is 5.32 Å². The third-order valence-corrected chi connectivity index (χ3v) is 3.90. The maximum absolute atomic E-state index is 11.9. The number of nitrogens with zero attached hydrogens (tertiary/aromatic N) is 2. The van der Waals surface area contributed by atoms with Crippen LogP contribution in [0.5, 0.6) is 0 Å². The van der Waals surface area contributed by atoms with Crippen LogP contribution in [0.1, 0.15) is 10.7 Å². The molecule has 0 radical (unpaired) electrons. The van der Waals surface area contributed by atoms with E-state index in [9.17, 15) is 9.59 Å². The third-order valence-electron chi connectivity index (χ3n) is 3.10. The number of aromatic nitrogens is 3. The number of thiazole rings is 1. The van der Waals surface area contributed by atoms with Crippen molar-refractivity contribution in [1.82, 2.24) is 14.5 Å². The summed E-state index contributed by atoms with van der Waals surface area (Å²) in [4.78, 5) is 30.2. The molecule has 0 aliphatic rings. The van der Waals surface area contributed by atoms with Gasteiger partial charge in [-0.3, -0.25) is 9.36 Å². The predicted octanol–water partition coefficient (Wildman–Crippen LogP) is 2.58. The van der Waals surface area contributed by atoms with Crippen molar-refractivity contribution < 1.29 is 4.79 Å². The molecule has 2 aromatic heterocycles. The highest BCUT2D eigenvalue weighted by atomic mass is 32.1. The lowest BCUT2D eigenvalue weighted by Gasteiger charge is -2.04. The summed E-state index contributed by atoms with van der Waals surface area (Å²) < 4.78 is 1.48. The third kappa shape index (κ3) is 3.64. The zero-order valence-electron chi connectivity index (χ0n) is 12.3. The minimum absolute atomic E-state index is 0.205. The molecule has 0 unspecified atom stereocenters. The maximum atomic E-state index is 11.9. The Balaban J connectivity index is 1.66. The van der Waals surface area contributed by atoms with Gasteiger partial charge < -0.3 is 10.3 Å². The standard InChI is InChI=1S/C16H14N4O2S/c1-11-18-13(10-23-11)4-7-15(21)19-12-2-5-14(6-3-12)20-9-8-17-16(20)22/h2-10H,1H3,(H,17,22)(H,19,21)/b7-4+. The number of H-pyrrole nitrogens is 1. The van der Waals surface area contributed by atoms with Crippen LogP contribution < -0.4 is 11.0 Å². The smallest absolute Gasteiger partial charge is 0.323 e. The highest BCUT2D eigenvalue weighted by Gasteiger charge is 2.02. The van der Waals surface area contributed by atoms with Crippen molar-refractivity contribution in [2.45, 2.75) is 6.92 Å². The first kappa shape index (κ1) is 15.0. The quantitative estimate of drug-likeness (QED) is 0.723. The first-order valence-corrected chi connectivity index (χ1v) is 7.77. The van der Waals surface area contributed by atoms with Crippen LogP contribution in [-0.2, 0) is 4.79 Å². The number of aryl methyl sites for hydroxylation is 1. The van der Waals surface area contributed by atoms with Gasteiger partial charge in [-0.15, -0.1) is 11.3 Å². The Hall–Kier alpha value is -2.93. The van der Waals surface area contributed by atoms with Crippen LogP contribution in [0.2, 0.25) is 0 Å². The molecule has 0 fully saturated rings. The minimum Gasteiger partial charge on any atom is -0.323 e. The van der Waals surface area contributed by atoms with Crippen molar-refractivity contribution in [3.63, 3.8) is 0 Å². The number of rotatable bonds is 4. The van der Waals surface area contributed by atoms with Crippen molar-refractivity contribution in [1.29, 1.82) is 0 Å². The van der Waals surface area contributed by atoms with E-state index in [0.717, 1.165) is 16.4 Å². The molecule has 0 bridgehead atoms. The van der Waals surface area contributed by atoms with Gasteiger partial charge in [-0.05, 0) is 37.3 Å². The lowest BCUT2D eigenvalue weighted by molar-refractivity contribution is -0.111. The predicted molar refractivity (Wildman–Crippen MR) is 90.9 cm³/mol. The molecule has 1 aromatic carbocycles. The van der Waals surface area contributed by atoms with Crippen LogP contribution in [0.3, 0.4) is 0 Å². The molecule has 0 spiro atoms. The van der Waals surface area contributed by atoms with Gasteiger partial charge in [0.2, 0.25) is 5.91 Å². The van der Waals surface area contributed by atoms with Gasteiger partial charge in [0, 0.05) is 29.5 Å². The number of nitrogens with one attached hydrogen (secondary N) is 2. The molecule has 0 atom stereocenters. The van der Waals surface area contributed by atoms with Crippen LogP contribution in [-0.4, -0.2) is 20.4 Å². The summed E-state index contributed by atoms with van der Waals surface area (Å²) in [5.41, 5.74) is 1.94. The van der Waals surface area contributed by atoms with Gasteiger partial charge in [0.25, 0.3) is 0 Å². The lowest BCUT2D eigenvalue weighted by atomic mass is 10.2. The monoisotopic (exact) mass is 326 g/mol. The van der Waals surface area contributed by atoms with E-state index in [2.05, 4.69) is 15.3 Å². The summed E-state index contributed by atoms with van der Waals surface area (Å²) >= 11 is 1.54. The summed E-state index contributed by atoms with van der Waals surface area (Å²) in [6.45, 7) is 1.92. The van der Waals surface area contributed by atoms with Crippen LogP contribution >= 0.6 is 11.3 Å². The SMILES string of the molecule is Cc1nc(/C=C/C(=O)Nc2ccc(-n3cc[nH]c3=O)cc2)cs1. The lowest BCUT2D eigenvalue weighted by Crippen LogP contribution is -2.14. The van der Waals surface area contributed by atoms with E-state index >= 15 is 0 Å². The number of aromatic amines is 1. The van der Waals surface area contributed by atoms with Crippen LogP contribution in [0.25, 0.3) is 11.8 Å². The first-order valence-electron chi connectivity index (χ1n) is 6.89. The van der Waals surface area contributed by atoms with Crippen molar-refractivity contribution in [3.8, 4) is 5.69 Å². The van der Waals surface area contributed by atoms with Gasteiger partial charge in [0.1, 0.15) is 0 Å². The first-order chi connectivity index (χ1) is 11.1. The fourth-order valence-corrected chi connectivity index (χ4v) is 2.61. The van der Waals surface area contributed by atoms with Gasteiger partial charge in [-0.2, -0.15) is 0 Å². The fraction of sp³-hybridized carbons (Fsp3) is 0.0625. The van der Waals surface area contributed by atoms with Gasteiger partial charge in [-0.25, -0.2) is 9.78 Å². The molecule has 6 nitrogen and oxygen atoms in total. The van der Waals surface area contributed by atoms with Crippen molar-refractivity contribution in [3.05, 3.63) is 69.3 Å². The molecule has 3 rings (SSSR count). The van der Waals surface area contributed by atoms with E-state index in [1.807, 2.05) is 12.3 Å². The van der Waals surface area contributed by atoms with E-state index < -0.39 is 0 Å². The Kier molecular flexibility index (Phi) is 4.20. The van der Waals surface area contributed by atoms with Crippen molar-refractivity contribution >= 4 is 29.0 Å². The van der Waals surface area contributed by atoms with Crippen LogP contribution in [0, 0.1) is 6.92 Å². The molecule has 2 N–H and O–H groups in total. The Bertz CT molecular complexity index is 903. The van der Waals surface area contributed by atoms with Crippen LogP contribution in [0.4, 0.5) is 5.69 Å². The van der Waals surface area contributed by atoms with Gasteiger partial charge >= 0.3 is 5.69 Å². The molecule has 0 aliphatic carbocycles. The number of imidazole rings is 1. The number of carbonyl (C=O) groups is 1. The molecule has 0 saturated carbocycles. The average Bonchev–Trinajstić information content (AvgIpc) is 3.14. The maximum Gasteiger partial charge on any atom is 0.330 e. The molecule has 2 heterocycles. The highest BCUT2D eigenvalue weighted by molar-refractivity contribution is 7.09. The summed E-state index contributed by atoms with van der Waals surface area (Å²) in [5.74, 6) is -0.234. The molecule has 7 heteroatoms. The Morgan fingerprint density at radius 1 is 1.35 bits per heavy atom. The summed E-state index contributed by atoms with van der Waals surface area (Å²) in [5, 5.41) is 5.61. The Morgan fingerprint density at radius 3 is 2.74 bits per heavy atom. The Morgan fingerprint density at radius 2 is 2.13 bits per heavy atom. The number of benzene rings is 1. The number of amides is 1. The van der Waals surface area contributed by atoms with Gasteiger partial charge in [-0.1, -0.05) is 0 Å². The van der Waals surface area contributed by atoms with E-state index in [1.54, 1.807) is 42.7 Å². The fourth-order valence-electron chi connectivity index (χ4n) is 2.03. The number of hydrogen-bond donors (Lipinski definition) is 2. The molecule has 116 valence electrons. The molecular formula is C16H14N4O2S. The second-order valence-electron chi connectivity index (χ2n) is 4.80. The number of carbonyl (C=O) groups excluding carboxylic acids is 1. The van der Waals surface area contributed by atoms with Crippen LogP contribution in [0.15, 0.2) is 52.9 Å².